The number of benzene rings is 4. The fourth-order valence-electron chi connectivity index (χ4n) is 6.60. The molecule has 1 aliphatic rings. The molecule has 0 spiro atoms. The lowest BCUT2D eigenvalue weighted by Gasteiger charge is -2.37. The number of amides is 1. The highest BCUT2D eigenvalue weighted by Crippen LogP contribution is 2.44. The molecule has 3 N–H and O–H groups in total. The number of ether oxygens (including phenoxy) is 1. The lowest BCUT2D eigenvalue weighted by Crippen LogP contribution is -2.51. The highest BCUT2D eigenvalue weighted by Gasteiger charge is 2.39. The van der Waals surface area contributed by atoms with Gasteiger partial charge in [0.05, 0.1) is 4.90 Å². The number of sulfonamides is 1. The van der Waals surface area contributed by atoms with E-state index in [9.17, 15) is 13.2 Å². The maximum absolute atomic E-state index is 14.0. The number of thiocarbonyl (C=S) groups is 1. The molecule has 0 fully saturated rings. The third-order valence-electron chi connectivity index (χ3n) is 8.87. The Bertz CT molecular complexity index is 1920. The van der Waals surface area contributed by atoms with Gasteiger partial charge in [-0.2, -0.15) is 0 Å². The van der Waals surface area contributed by atoms with Crippen molar-refractivity contribution < 1.29 is 17.9 Å². The van der Waals surface area contributed by atoms with Crippen LogP contribution in [0.25, 0.3) is 10.4 Å². The smallest absolute Gasteiger partial charge is 0.264 e. The monoisotopic (exact) mass is 696 g/mol. The summed E-state index contributed by atoms with van der Waals surface area (Å²) in [5.41, 5.74) is 12.9. The zero-order valence-corrected chi connectivity index (χ0v) is 29.8. The normalized spacial score (nSPS) is 14.1. The van der Waals surface area contributed by atoms with Crippen molar-refractivity contribution >= 4 is 33.3 Å². The average Bonchev–Trinajstić information content (AvgIpc) is 3.41. The number of fused-ring (bicyclic) bond motifs is 1. The van der Waals surface area contributed by atoms with E-state index in [0.717, 1.165) is 33.6 Å². The lowest BCUT2D eigenvalue weighted by molar-refractivity contribution is -0.122. The van der Waals surface area contributed by atoms with Gasteiger partial charge in [-0.15, -0.1) is 0 Å². The molecule has 1 amide bonds. The molecular formula is C37H40N6O4S2. The van der Waals surface area contributed by atoms with Crippen LogP contribution in [0.15, 0.2) is 101 Å². The number of azide groups is 1. The summed E-state index contributed by atoms with van der Waals surface area (Å²) in [7, 11) is -4.15. The van der Waals surface area contributed by atoms with Crippen LogP contribution in [0.3, 0.4) is 0 Å². The largest absolute Gasteiger partial charge is 0.487 e. The fraction of sp³-hybridized carbons (Fsp3) is 0.297. The third kappa shape index (κ3) is 7.41. The maximum atomic E-state index is 14.0. The number of carbonyl (C=O) groups excluding carboxylic acids is 1. The number of rotatable bonds is 11. The molecule has 4 aromatic carbocycles. The number of nitrogens with one attached hydrogen (secondary N) is 3. The van der Waals surface area contributed by atoms with E-state index < -0.39 is 27.2 Å². The van der Waals surface area contributed by atoms with Gasteiger partial charge in [-0.3, -0.25) is 9.52 Å². The van der Waals surface area contributed by atoms with Gasteiger partial charge >= 0.3 is 0 Å². The summed E-state index contributed by atoms with van der Waals surface area (Å²) in [5, 5.41) is 9.66. The molecule has 0 saturated carbocycles. The van der Waals surface area contributed by atoms with Crippen LogP contribution >= 0.6 is 12.2 Å². The fourth-order valence-corrected chi connectivity index (χ4v) is 8.58. The number of hydrogen-bond acceptors (Lipinski definition) is 6. The molecule has 0 saturated heterocycles. The summed E-state index contributed by atoms with van der Waals surface area (Å²) in [6, 6.07) is 28.1. The van der Waals surface area contributed by atoms with Crippen LogP contribution in [0.2, 0.25) is 0 Å². The summed E-state index contributed by atoms with van der Waals surface area (Å²) in [4.78, 5) is 17.1. The van der Waals surface area contributed by atoms with E-state index in [-0.39, 0.29) is 28.9 Å². The van der Waals surface area contributed by atoms with Gasteiger partial charge in [-0.25, -0.2) is 8.42 Å². The van der Waals surface area contributed by atoms with E-state index in [1.54, 1.807) is 13.8 Å². The minimum atomic E-state index is -4.15. The molecule has 49 heavy (non-hydrogen) atoms. The lowest BCUT2D eigenvalue weighted by atomic mass is 9.77. The average molecular weight is 697 g/mol. The minimum absolute atomic E-state index is 0.136. The van der Waals surface area contributed by atoms with Crippen LogP contribution < -0.4 is 20.1 Å². The molecule has 4 aromatic rings. The first-order chi connectivity index (χ1) is 23.3. The van der Waals surface area contributed by atoms with Gasteiger partial charge in [0.1, 0.15) is 16.9 Å². The Kier molecular flexibility index (Phi) is 10.3. The van der Waals surface area contributed by atoms with Crippen molar-refractivity contribution in [2.45, 2.75) is 69.5 Å². The molecule has 1 aliphatic heterocycles. The molecule has 0 radical (unpaired) electrons. The first-order valence-electron chi connectivity index (χ1n) is 15.9. The predicted molar refractivity (Wildman–Crippen MR) is 195 cm³/mol. The molecular weight excluding hydrogens is 657 g/mol. The second-order valence-electron chi connectivity index (χ2n) is 12.8. The van der Waals surface area contributed by atoms with E-state index >= 15 is 0 Å². The topological polar surface area (TPSA) is 145 Å². The molecule has 1 heterocycles. The van der Waals surface area contributed by atoms with Gasteiger partial charge < -0.3 is 15.4 Å². The van der Waals surface area contributed by atoms with E-state index in [4.69, 9.17) is 22.5 Å². The molecule has 0 bridgehead atoms. The van der Waals surface area contributed by atoms with Gasteiger partial charge in [0, 0.05) is 35.9 Å². The molecule has 5 rings (SSSR count). The Morgan fingerprint density at radius 2 is 1.43 bits per heavy atom. The van der Waals surface area contributed by atoms with Gasteiger partial charge in [-0.05, 0) is 85.7 Å². The number of hydrogen-bond donors (Lipinski definition) is 3. The molecule has 0 unspecified atom stereocenters. The van der Waals surface area contributed by atoms with Gasteiger partial charge in [0.15, 0.2) is 5.11 Å². The van der Waals surface area contributed by atoms with E-state index in [1.807, 2.05) is 112 Å². The van der Waals surface area contributed by atoms with Crippen molar-refractivity contribution in [1.29, 1.82) is 0 Å². The van der Waals surface area contributed by atoms with E-state index in [2.05, 4.69) is 25.4 Å². The Hall–Kier alpha value is -4.90. The zero-order chi connectivity index (χ0) is 35.4. The molecule has 1 atom stereocenters. The zero-order valence-electron chi connectivity index (χ0n) is 28.2. The van der Waals surface area contributed by atoms with Crippen LogP contribution in [0.1, 0.15) is 59.2 Å². The van der Waals surface area contributed by atoms with Crippen molar-refractivity contribution in [3.05, 3.63) is 140 Å². The van der Waals surface area contributed by atoms with Gasteiger partial charge in [0.25, 0.3) is 10.0 Å². The molecule has 12 heteroatoms. The molecule has 254 valence electrons. The Morgan fingerprint density at radius 3 is 1.92 bits per heavy atom. The predicted octanol–water partition coefficient (Wildman–Crippen LogP) is 6.66. The Labute approximate surface area is 293 Å². The first-order valence-corrected chi connectivity index (χ1v) is 17.8. The highest BCUT2D eigenvalue weighted by molar-refractivity contribution is 7.92. The molecule has 10 nitrogen and oxygen atoms in total. The van der Waals surface area contributed by atoms with Crippen LogP contribution in [-0.2, 0) is 26.8 Å². The second-order valence-corrected chi connectivity index (χ2v) is 14.9. The maximum Gasteiger partial charge on any atom is 0.264 e. The van der Waals surface area contributed by atoms with E-state index in [1.165, 1.54) is 0 Å². The number of nitrogens with zero attached hydrogens (tertiary/aromatic N) is 3. The summed E-state index contributed by atoms with van der Waals surface area (Å²) in [5.74, 6) is 0.342. The second kappa shape index (κ2) is 14.3. The van der Waals surface area contributed by atoms with Crippen molar-refractivity contribution in [2.75, 3.05) is 6.54 Å². The SMILES string of the molecule is Cc1c(C)c(S(=O)(=O)NC(=S)N[C@H](CN=[N+]=[N-])CC(=O)NC(c2ccccc2)(c2ccccc2)c2ccccc2)c(C)c2c1OC(C)(C)C2. The van der Waals surface area contributed by atoms with Gasteiger partial charge in [0.2, 0.25) is 5.91 Å². The minimum Gasteiger partial charge on any atom is -0.487 e. The van der Waals surface area contributed by atoms with E-state index in [0.29, 0.717) is 17.5 Å². The first kappa shape index (κ1) is 35.4. The Morgan fingerprint density at radius 1 is 0.918 bits per heavy atom. The van der Waals surface area contributed by atoms with Crippen LogP contribution in [0, 0.1) is 20.8 Å². The highest BCUT2D eigenvalue weighted by atomic mass is 32.2. The van der Waals surface area contributed by atoms with Crippen molar-refractivity contribution in [2.24, 2.45) is 5.11 Å². The standard InChI is InChI=1S/C37H40N6O4S2/c1-24-25(2)34(26(3)31-22-36(4,5)47-33(24)31)49(45,46)42-35(48)40-30(23-39-43-38)21-32(44)41-37(27-15-9-6-10-16-27,28-17-11-7-12-18-28)29-19-13-8-14-20-29/h6-20,30H,21-23H2,1-5H3,(H,41,44)(H2,40,42,48)/t30-/m0/s1. The van der Waals surface area contributed by atoms with Crippen LogP contribution in [0.5, 0.6) is 5.75 Å². The molecule has 0 aliphatic carbocycles. The number of carbonyl (C=O) groups is 1. The van der Waals surface area contributed by atoms with Crippen molar-refractivity contribution in [1.82, 2.24) is 15.4 Å². The van der Waals surface area contributed by atoms with Gasteiger partial charge in [-0.1, -0.05) is 96.1 Å². The Balaban J connectivity index is 1.42. The van der Waals surface area contributed by atoms with Crippen molar-refractivity contribution in [3.8, 4) is 5.75 Å². The summed E-state index contributed by atoms with van der Waals surface area (Å²) in [6.45, 7) is 9.14. The summed E-state index contributed by atoms with van der Waals surface area (Å²) >= 11 is 5.48. The third-order valence-corrected chi connectivity index (χ3v) is 10.8. The molecule has 0 aromatic heterocycles. The van der Waals surface area contributed by atoms with Crippen LogP contribution in [0.4, 0.5) is 0 Å². The van der Waals surface area contributed by atoms with Crippen molar-refractivity contribution in [3.63, 3.8) is 0 Å². The summed E-state index contributed by atoms with van der Waals surface area (Å²) in [6.07, 6.45) is 0.387. The summed E-state index contributed by atoms with van der Waals surface area (Å²) < 4.78 is 36.3. The quantitative estimate of drug-likeness (QED) is 0.0526. The van der Waals surface area contributed by atoms with Crippen LogP contribution in [-0.4, -0.2) is 37.6 Å².